The number of carbonyl (C=O) groups is 4. The largest absolute Gasteiger partial charge is 0.511 e. The zero-order valence-corrected chi connectivity index (χ0v) is 24.4. The van der Waals surface area contributed by atoms with Crippen LogP contribution in [0.15, 0.2) is 54.7 Å². The Balaban J connectivity index is 1.64. The lowest BCUT2D eigenvalue weighted by atomic mass is 9.90. The first-order chi connectivity index (χ1) is 20.9. The van der Waals surface area contributed by atoms with Crippen molar-refractivity contribution in [1.82, 2.24) is 15.3 Å². The standard InChI is InChI=1S/C30H36FN5O8/c1-30(2,43-26(38)16-32)44-29(41)42-12-6-8-19(27(33)39)15-25(37)23(14-18-7-5-9-20(31)13-18)36-28(40)24-17-34-21-10-3-4-11-22(21)35-24/h3-5,7,9-11,13,17,19,23,25,37H,6,8,12,14-16,32H2,1-2H3,(H2,33,39)(H,36,40)/t19-,23+,25+/m1/s1. The number of amides is 2. The maximum absolute atomic E-state index is 13.9. The number of carbonyl (C=O) groups excluding carboxylic acids is 4. The summed E-state index contributed by atoms with van der Waals surface area (Å²) in [6.45, 7) is 2.10. The monoisotopic (exact) mass is 613 g/mol. The van der Waals surface area contributed by atoms with Gasteiger partial charge in [0.15, 0.2) is 0 Å². The van der Waals surface area contributed by atoms with Gasteiger partial charge in [0.2, 0.25) is 5.91 Å². The molecule has 0 aliphatic heterocycles. The maximum atomic E-state index is 13.9. The molecule has 0 fully saturated rings. The molecule has 1 aromatic heterocycles. The lowest BCUT2D eigenvalue weighted by Gasteiger charge is -2.27. The molecule has 0 bridgehead atoms. The molecule has 6 N–H and O–H groups in total. The van der Waals surface area contributed by atoms with Crippen molar-refractivity contribution in [1.29, 1.82) is 0 Å². The molecule has 0 saturated carbocycles. The average molecular weight is 614 g/mol. The Labute approximate surface area is 253 Å². The van der Waals surface area contributed by atoms with Crippen molar-refractivity contribution >= 4 is 35.0 Å². The third-order valence-corrected chi connectivity index (χ3v) is 6.51. The molecule has 3 atom stereocenters. The van der Waals surface area contributed by atoms with Crippen LogP contribution in [0.5, 0.6) is 0 Å². The van der Waals surface area contributed by atoms with Crippen LogP contribution in [0, 0.1) is 11.7 Å². The third kappa shape index (κ3) is 10.5. The van der Waals surface area contributed by atoms with E-state index in [0.29, 0.717) is 16.6 Å². The number of aliphatic hydroxyl groups is 1. The SMILES string of the molecule is CC(C)(OC(=O)CN)OC(=O)OCCC[C@H](C[C@H](O)[C@H](Cc1cccc(F)c1)NC(=O)c1cnc2ccccc2n1)C(N)=O. The number of benzene rings is 2. The Morgan fingerprint density at radius 2 is 1.80 bits per heavy atom. The lowest BCUT2D eigenvalue weighted by molar-refractivity contribution is -0.199. The van der Waals surface area contributed by atoms with Crippen LogP contribution < -0.4 is 16.8 Å². The Morgan fingerprint density at radius 3 is 2.48 bits per heavy atom. The van der Waals surface area contributed by atoms with Gasteiger partial charge in [-0.15, -0.1) is 0 Å². The summed E-state index contributed by atoms with van der Waals surface area (Å²) in [6.07, 6.45) is -0.887. The number of nitrogens with two attached hydrogens (primary N) is 2. The van der Waals surface area contributed by atoms with E-state index < -0.39 is 60.2 Å². The van der Waals surface area contributed by atoms with Crippen LogP contribution in [0.25, 0.3) is 11.0 Å². The lowest BCUT2D eigenvalue weighted by Crippen LogP contribution is -2.46. The van der Waals surface area contributed by atoms with Crippen molar-refractivity contribution in [3.63, 3.8) is 0 Å². The van der Waals surface area contributed by atoms with Crippen LogP contribution in [0.3, 0.4) is 0 Å². The predicted molar refractivity (Wildman–Crippen MR) is 155 cm³/mol. The number of esters is 1. The highest BCUT2D eigenvalue weighted by molar-refractivity contribution is 5.94. The van der Waals surface area contributed by atoms with Gasteiger partial charge < -0.3 is 36.1 Å². The number of fused-ring (bicyclic) bond motifs is 1. The maximum Gasteiger partial charge on any atom is 0.511 e. The normalized spacial score (nSPS) is 13.4. The molecule has 0 unspecified atom stereocenters. The molecule has 3 aromatic rings. The van der Waals surface area contributed by atoms with E-state index in [0.717, 1.165) is 0 Å². The molecule has 13 nitrogen and oxygen atoms in total. The Bertz CT molecular complexity index is 1470. The topological polar surface area (TPSA) is 206 Å². The Hall–Kier alpha value is -4.69. The van der Waals surface area contributed by atoms with Gasteiger partial charge in [0, 0.05) is 19.8 Å². The second kappa shape index (κ2) is 15.7. The molecule has 44 heavy (non-hydrogen) atoms. The minimum absolute atomic E-state index is 0.0107. The number of primary amides is 1. The zero-order valence-electron chi connectivity index (χ0n) is 24.4. The van der Waals surface area contributed by atoms with Crippen molar-refractivity contribution in [2.24, 2.45) is 17.4 Å². The highest BCUT2D eigenvalue weighted by Crippen LogP contribution is 2.20. The number of nitrogens with one attached hydrogen (secondary N) is 1. The van der Waals surface area contributed by atoms with Gasteiger partial charge >= 0.3 is 12.1 Å². The summed E-state index contributed by atoms with van der Waals surface area (Å²) in [5, 5.41) is 13.9. The number of rotatable bonds is 15. The number of aliphatic hydroxyl groups excluding tert-OH is 1. The molecule has 1 heterocycles. The quantitative estimate of drug-likeness (QED) is 0.111. The number of ether oxygens (including phenoxy) is 3. The highest BCUT2D eigenvalue weighted by Gasteiger charge is 2.30. The number of hydrogen-bond acceptors (Lipinski definition) is 11. The van der Waals surface area contributed by atoms with Gasteiger partial charge in [-0.3, -0.25) is 19.4 Å². The summed E-state index contributed by atoms with van der Waals surface area (Å²) in [4.78, 5) is 57.3. The van der Waals surface area contributed by atoms with Gasteiger partial charge in [0.1, 0.15) is 11.5 Å². The van der Waals surface area contributed by atoms with Gasteiger partial charge in [-0.1, -0.05) is 24.3 Å². The molecular formula is C30H36FN5O8. The molecule has 0 aliphatic rings. The summed E-state index contributed by atoms with van der Waals surface area (Å²) in [7, 11) is 0. The van der Waals surface area contributed by atoms with Crippen LogP contribution in [-0.4, -0.2) is 70.1 Å². The number of aromatic nitrogens is 2. The summed E-state index contributed by atoms with van der Waals surface area (Å²) in [5.41, 5.74) is 12.4. The number of para-hydroxylation sites is 2. The van der Waals surface area contributed by atoms with Gasteiger partial charge in [0.25, 0.3) is 11.7 Å². The fraction of sp³-hybridized carbons (Fsp3) is 0.400. The first-order valence-corrected chi connectivity index (χ1v) is 13.9. The minimum Gasteiger partial charge on any atom is -0.434 e. The second-order valence-corrected chi connectivity index (χ2v) is 10.5. The summed E-state index contributed by atoms with van der Waals surface area (Å²) in [5.74, 6) is -5.06. The molecule has 14 heteroatoms. The summed E-state index contributed by atoms with van der Waals surface area (Å²) < 4.78 is 28.7. The van der Waals surface area contributed by atoms with E-state index in [1.165, 1.54) is 38.2 Å². The molecule has 3 rings (SSSR count). The molecule has 0 radical (unpaired) electrons. The predicted octanol–water partition coefficient (Wildman–Crippen LogP) is 2.13. The molecule has 0 spiro atoms. The fourth-order valence-electron chi connectivity index (χ4n) is 4.39. The first-order valence-electron chi connectivity index (χ1n) is 13.9. The average Bonchev–Trinajstić information content (AvgIpc) is 2.97. The molecule has 236 valence electrons. The molecule has 0 saturated heterocycles. The van der Waals surface area contributed by atoms with Crippen LogP contribution in [0.4, 0.5) is 9.18 Å². The van der Waals surface area contributed by atoms with Gasteiger partial charge in [-0.05, 0) is 55.5 Å². The summed E-state index contributed by atoms with van der Waals surface area (Å²) in [6, 6.07) is 11.7. The molecule has 2 amide bonds. The van der Waals surface area contributed by atoms with Crippen molar-refractivity contribution in [2.45, 2.75) is 57.5 Å². The molecule has 0 aliphatic carbocycles. The summed E-state index contributed by atoms with van der Waals surface area (Å²) >= 11 is 0. The Morgan fingerprint density at radius 1 is 1.07 bits per heavy atom. The van der Waals surface area contributed by atoms with Crippen molar-refractivity contribution in [2.75, 3.05) is 13.2 Å². The van der Waals surface area contributed by atoms with Crippen LogP contribution in [0.1, 0.15) is 49.2 Å². The van der Waals surface area contributed by atoms with Crippen LogP contribution in [0.2, 0.25) is 0 Å². The zero-order chi connectivity index (χ0) is 32.3. The van der Waals surface area contributed by atoms with Crippen molar-refractivity contribution < 1.29 is 42.9 Å². The van der Waals surface area contributed by atoms with E-state index in [9.17, 15) is 28.7 Å². The molecular weight excluding hydrogens is 577 g/mol. The van der Waals surface area contributed by atoms with E-state index in [2.05, 4.69) is 15.3 Å². The van der Waals surface area contributed by atoms with Crippen molar-refractivity contribution in [3.8, 4) is 0 Å². The fourth-order valence-corrected chi connectivity index (χ4v) is 4.39. The second-order valence-electron chi connectivity index (χ2n) is 10.5. The van der Waals surface area contributed by atoms with Crippen molar-refractivity contribution in [3.05, 3.63) is 71.8 Å². The van der Waals surface area contributed by atoms with E-state index in [4.69, 9.17) is 25.7 Å². The number of hydrogen-bond donors (Lipinski definition) is 4. The number of halogens is 1. The van der Waals surface area contributed by atoms with E-state index in [1.807, 2.05) is 0 Å². The van der Waals surface area contributed by atoms with E-state index in [-0.39, 0.29) is 38.0 Å². The van der Waals surface area contributed by atoms with E-state index in [1.54, 1.807) is 30.3 Å². The number of nitrogens with zero attached hydrogens (tertiary/aromatic N) is 2. The molecule has 2 aromatic carbocycles. The highest BCUT2D eigenvalue weighted by atomic mass is 19.1. The smallest absolute Gasteiger partial charge is 0.434 e. The van der Waals surface area contributed by atoms with Crippen LogP contribution in [-0.2, 0) is 30.2 Å². The third-order valence-electron chi connectivity index (χ3n) is 6.51. The minimum atomic E-state index is -1.60. The van der Waals surface area contributed by atoms with E-state index >= 15 is 0 Å². The first kappa shape index (κ1) is 33.8. The Kier molecular flexibility index (Phi) is 12.1. The van der Waals surface area contributed by atoms with Gasteiger partial charge in [-0.25, -0.2) is 14.2 Å². The van der Waals surface area contributed by atoms with Gasteiger partial charge in [0.05, 0.1) is 42.5 Å². The van der Waals surface area contributed by atoms with Gasteiger partial charge in [-0.2, -0.15) is 0 Å². The van der Waals surface area contributed by atoms with Crippen LogP contribution >= 0.6 is 0 Å².